The molecule has 0 radical (unpaired) electrons. The summed E-state index contributed by atoms with van der Waals surface area (Å²) in [6.07, 6.45) is 1.55. The van der Waals surface area contributed by atoms with Crippen molar-refractivity contribution in [2.75, 3.05) is 45.7 Å². The molecular formula is C20H31N3O4S. The number of piperidine rings is 1. The Kier molecular flexibility index (Phi) is 5.27. The summed E-state index contributed by atoms with van der Waals surface area (Å²) in [7, 11) is 0.962. The quantitative estimate of drug-likeness (QED) is 0.826. The van der Waals surface area contributed by atoms with Gasteiger partial charge in [-0.25, -0.2) is 12.7 Å². The Balaban J connectivity index is 2.34. The molecule has 1 spiro atoms. The second kappa shape index (κ2) is 7.00. The largest absolute Gasteiger partial charge is 0.495 e. The number of ether oxygens (including phenoxy) is 1. The van der Waals surface area contributed by atoms with E-state index in [-0.39, 0.29) is 10.8 Å². The van der Waals surface area contributed by atoms with Crippen molar-refractivity contribution >= 4 is 21.6 Å². The van der Waals surface area contributed by atoms with Crippen molar-refractivity contribution in [2.24, 2.45) is 5.41 Å². The highest BCUT2D eigenvalue weighted by atomic mass is 32.2. The molecule has 8 heteroatoms. The molecule has 0 unspecified atom stereocenters. The number of carbonyl (C=O) groups is 1. The third kappa shape index (κ3) is 3.21. The van der Waals surface area contributed by atoms with Crippen LogP contribution in [0, 0.1) is 5.41 Å². The van der Waals surface area contributed by atoms with E-state index < -0.39 is 20.9 Å². The van der Waals surface area contributed by atoms with Crippen LogP contribution in [-0.4, -0.2) is 59.5 Å². The lowest BCUT2D eigenvalue weighted by molar-refractivity contribution is -0.125. The summed E-state index contributed by atoms with van der Waals surface area (Å²) in [5.41, 5.74) is 0.373. The molecule has 1 aromatic rings. The van der Waals surface area contributed by atoms with Gasteiger partial charge in [0, 0.05) is 37.0 Å². The number of fused-ring (bicyclic) bond motifs is 2. The zero-order valence-corrected chi connectivity index (χ0v) is 18.4. The van der Waals surface area contributed by atoms with Crippen LogP contribution in [0.15, 0.2) is 17.0 Å². The fourth-order valence-corrected chi connectivity index (χ4v) is 5.47. The standard InChI is InChI=1S/C20H31N3O4S/c1-19(2,3)18(24)23-13-20(9-11-21-12-10-20)16-15(28(25,26)22(4)5)8-7-14(27-6)17(16)23/h7-8,21H,9-13H2,1-6H3. The van der Waals surface area contributed by atoms with Gasteiger partial charge in [-0.3, -0.25) is 4.79 Å². The maximum absolute atomic E-state index is 13.3. The van der Waals surface area contributed by atoms with Gasteiger partial charge in [0.15, 0.2) is 0 Å². The lowest BCUT2D eigenvalue weighted by atomic mass is 9.74. The number of anilines is 1. The summed E-state index contributed by atoms with van der Waals surface area (Å²) in [6, 6.07) is 3.29. The predicted octanol–water partition coefficient (Wildman–Crippen LogP) is 1.96. The second-order valence-electron chi connectivity index (χ2n) is 8.95. The van der Waals surface area contributed by atoms with Crippen molar-refractivity contribution in [3.05, 3.63) is 17.7 Å². The van der Waals surface area contributed by atoms with Crippen LogP contribution in [0.5, 0.6) is 5.75 Å². The zero-order chi connectivity index (χ0) is 20.9. The van der Waals surface area contributed by atoms with Crippen LogP contribution in [-0.2, 0) is 20.2 Å². The second-order valence-corrected chi connectivity index (χ2v) is 11.1. The molecule has 1 aromatic carbocycles. The van der Waals surface area contributed by atoms with E-state index in [1.165, 1.54) is 18.4 Å². The van der Waals surface area contributed by atoms with Gasteiger partial charge < -0.3 is 15.0 Å². The highest BCUT2D eigenvalue weighted by molar-refractivity contribution is 7.89. The number of carbonyl (C=O) groups excluding carboxylic acids is 1. The van der Waals surface area contributed by atoms with Crippen molar-refractivity contribution in [2.45, 2.75) is 43.9 Å². The summed E-state index contributed by atoms with van der Waals surface area (Å²) in [5, 5.41) is 3.36. The smallest absolute Gasteiger partial charge is 0.242 e. The molecule has 7 nitrogen and oxygen atoms in total. The minimum Gasteiger partial charge on any atom is -0.495 e. The van der Waals surface area contributed by atoms with Crippen LogP contribution in [0.2, 0.25) is 0 Å². The first-order chi connectivity index (χ1) is 13.0. The molecule has 156 valence electrons. The van der Waals surface area contributed by atoms with Crippen LogP contribution < -0.4 is 15.0 Å². The summed E-state index contributed by atoms with van der Waals surface area (Å²) in [6.45, 7) is 7.71. The number of benzene rings is 1. The van der Waals surface area contributed by atoms with Gasteiger partial charge in [-0.1, -0.05) is 20.8 Å². The van der Waals surface area contributed by atoms with Gasteiger partial charge in [-0.05, 0) is 38.1 Å². The first-order valence-corrected chi connectivity index (χ1v) is 11.1. The molecule has 3 rings (SSSR count). The molecule has 0 saturated carbocycles. The first kappa shape index (κ1) is 21.1. The fourth-order valence-electron chi connectivity index (χ4n) is 4.26. The van der Waals surface area contributed by atoms with Crippen LogP contribution in [0.1, 0.15) is 39.2 Å². The number of methoxy groups -OCH3 is 1. The Morgan fingerprint density at radius 2 is 1.82 bits per heavy atom. The molecule has 1 saturated heterocycles. The summed E-state index contributed by atoms with van der Waals surface area (Å²) in [4.78, 5) is 15.3. The molecule has 2 heterocycles. The molecule has 0 bridgehead atoms. The van der Waals surface area contributed by atoms with Crippen LogP contribution in [0.3, 0.4) is 0 Å². The average molecular weight is 410 g/mol. The van der Waals surface area contributed by atoms with E-state index in [4.69, 9.17) is 4.74 Å². The lowest BCUT2D eigenvalue weighted by Crippen LogP contribution is -2.46. The number of hydrogen-bond donors (Lipinski definition) is 1. The Morgan fingerprint density at radius 3 is 2.32 bits per heavy atom. The summed E-state index contributed by atoms with van der Waals surface area (Å²) in [5.74, 6) is 0.516. The van der Waals surface area contributed by atoms with Crippen molar-refractivity contribution < 1.29 is 17.9 Å². The van der Waals surface area contributed by atoms with Crippen LogP contribution >= 0.6 is 0 Å². The molecule has 28 heavy (non-hydrogen) atoms. The average Bonchev–Trinajstić information content (AvgIpc) is 2.94. The van der Waals surface area contributed by atoms with Gasteiger partial charge in [-0.2, -0.15) is 0 Å². The highest BCUT2D eigenvalue weighted by Gasteiger charge is 2.51. The number of nitrogens with zero attached hydrogens (tertiary/aromatic N) is 2. The topological polar surface area (TPSA) is 79.0 Å². The Bertz CT molecular complexity index is 881. The van der Waals surface area contributed by atoms with Gasteiger partial charge in [0.05, 0.1) is 17.7 Å². The van der Waals surface area contributed by atoms with Crippen molar-refractivity contribution in [3.63, 3.8) is 0 Å². The van der Waals surface area contributed by atoms with Crippen molar-refractivity contribution in [3.8, 4) is 5.75 Å². The minimum absolute atomic E-state index is 0.0261. The van der Waals surface area contributed by atoms with Crippen molar-refractivity contribution in [1.82, 2.24) is 9.62 Å². The fraction of sp³-hybridized carbons (Fsp3) is 0.650. The van der Waals surface area contributed by atoms with E-state index in [2.05, 4.69) is 5.32 Å². The summed E-state index contributed by atoms with van der Waals surface area (Å²) >= 11 is 0. The molecule has 1 fully saturated rings. The highest BCUT2D eigenvalue weighted by Crippen LogP contribution is 2.53. The number of nitrogens with one attached hydrogen (secondary N) is 1. The SMILES string of the molecule is COc1ccc(S(=O)(=O)N(C)C)c2c1N(C(=O)C(C)(C)C)CC21CCNCC1. The van der Waals surface area contributed by atoms with E-state index in [0.29, 0.717) is 18.0 Å². The van der Waals surface area contributed by atoms with E-state index in [0.717, 1.165) is 31.5 Å². The third-order valence-corrected chi connectivity index (χ3v) is 7.65. The van der Waals surface area contributed by atoms with E-state index in [9.17, 15) is 13.2 Å². The molecule has 2 aliphatic heterocycles. The molecule has 2 aliphatic rings. The zero-order valence-electron chi connectivity index (χ0n) is 17.6. The molecule has 1 N–H and O–H groups in total. The van der Waals surface area contributed by atoms with Crippen molar-refractivity contribution in [1.29, 1.82) is 0 Å². The van der Waals surface area contributed by atoms with Crippen LogP contribution in [0.4, 0.5) is 5.69 Å². The molecule has 0 aliphatic carbocycles. The van der Waals surface area contributed by atoms with E-state index in [1.54, 1.807) is 24.1 Å². The van der Waals surface area contributed by atoms with Gasteiger partial charge in [0.2, 0.25) is 15.9 Å². The number of amides is 1. The lowest BCUT2D eigenvalue weighted by Gasteiger charge is -2.36. The maximum atomic E-state index is 13.3. The molecule has 1 amide bonds. The van der Waals surface area contributed by atoms with Gasteiger partial charge in [0.25, 0.3) is 0 Å². The number of sulfonamides is 1. The molecule has 0 atom stereocenters. The molecular weight excluding hydrogens is 378 g/mol. The predicted molar refractivity (Wildman–Crippen MR) is 109 cm³/mol. The first-order valence-electron chi connectivity index (χ1n) is 9.62. The Hall–Kier alpha value is -1.64. The Labute approximate surface area is 168 Å². The van der Waals surface area contributed by atoms with Gasteiger partial charge >= 0.3 is 0 Å². The summed E-state index contributed by atoms with van der Waals surface area (Å²) < 4.78 is 33.1. The third-order valence-electron chi connectivity index (χ3n) is 5.79. The van der Waals surface area contributed by atoms with E-state index in [1.807, 2.05) is 20.8 Å². The Morgan fingerprint density at radius 1 is 1.21 bits per heavy atom. The number of rotatable bonds is 3. The van der Waals surface area contributed by atoms with Gasteiger partial charge in [0.1, 0.15) is 5.75 Å². The monoisotopic (exact) mass is 409 g/mol. The van der Waals surface area contributed by atoms with E-state index >= 15 is 0 Å². The number of hydrogen-bond acceptors (Lipinski definition) is 5. The minimum atomic E-state index is -3.67. The molecule has 0 aromatic heterocycles. The van der Waals surface area contributed by atoms with Crippen LogP contribution in [0.25, 0.3) is 0 Å². The maximum Gasteiger partial charge on any atom is 0.242 e. The normalized spacial score (nSPS) is 19.2. The van der Waals surface area contributed by atoms with Gasteiger partial charge in [-0.15, -0.1) is 0 Å².